The Labute approximate surface area is 125 Å². The molecule has 0 aromatic heterocycles. The zero-order valence-electron chi connectivity index (χ0n) is 12.7. The maximum absolute atomic E-state index is 14.2. The number of ether oxygens (including phenoxy) is 1. The molecule has 0 radical (unpaired) electrons. The van der Waals surface area contributed by atoms with Gasteiger partial charge < -0.3 is 10.1 Å². The summed E-state index contributed by atoms with van der Waals surface area (Å²) in [6.45, 7) is 9.85. The average molecular weight is 297 g/mol. The summed E-state index contributed by atoms with van der Waals surface area (Å²) in [5, 5.41) is 3.74. The molecule has 0 spiro atoms. The molecule has 2 atom stereocenters. The van der Waals surface area contributed by atoms with Crippen molar-refractivity contribution in [1.82, 2.24) is 5.32 Å². The first-order valence-electron chi connectivity index (χ1n) is 7.17. The van der Waals surface area contributed by atoms with Crippen LogP contribution in [-0.4, -0.2) is 23.5 Å². The molecule has 1 aliphatic rings. The van der Waals surface area contributed by atoms with Gasteiger partial charge in [-0.3, -0.25) is 0 Å². The summed E-state index contributed by atoms with van der Waals surface area (Å²) in [7, 11) is 0. The summed E-state index contributed by atoms with van der Waals surface area (Å²) in [5.74, 6) is -0.123. The second kappa shape index (κ2) is 6.46. The molecule has 1 aliphatic heterocycles. The molecule has 2 rings (SSSR count). The van der Waals surface area contributed by atoms with Gasteiger partial charge in [0.15, 0.2) is 0 Å². The Bertz CT molecular complexity index is 458. The number of halogens is 1. The lowest BCUT2D eigenvalue weighted by Gasteiger charge is -2.21. The van der Waals surface area contributed by atoms with Gasteiger partial charge >= 0.3 is 0 Å². The van der Waals surface area contributed by atoms with Crippen molar-refractivity contribution in [1.29, 1.82) is 0 Å². The zero-order valence-corrected chi connectivity index (χ0v) is 13.5. The van der Waals surface area contributed by atoms with Gasteiger partial charge in [-0.25, -0.2) is 4.39 Å². The van der Waals surface area contributed by atoms with E-state index in [1.807, 2.05) is 12.1 Å². The zero-order chi connectivity index (χ0) is 14.8. The number of hydrogen-bond donors (Lipinski definition) is 1. The first-order chi connectivity index (χ1) is 9.35. The Morgan fingerprint density at radius 3 is 2.70 bits per heavy atom. The van der Waals surface area contributed by atoms with Crippen LogP contribution in [0, 0.1) is 5.82 Å². The van der Waals surface area contributed by atoms with Crippen LogP contribution in [0.1, 0.15) is 39.7 Å². The fraction of sp³-hybridized carbons (Fsp3) is 0.625. The van der Waals surface area contributed by atoms with E-state index in [-0.39, 0.29) is 17.5 Å². The number of rotatable bonds is 4. The van der Waals surface area contributed by atoms with Gasteiger partial charge in [0.05, 0.1) is 6.10 Å². The maximum atomic E-state index is 14.2. The molecule has 112 valence electrons. The van der Waals surface area contributed by atoms with Crippen LogP contribution >= 0.6 is 11.8 Å². The smallest absolute Gasteiger partial charge is 0.137 e. The summed E-state index contributed by atoms with van der Waals surface area (Å²) in [5.41, 5.74) is 1.03. The second-order valence-electron chi connectivity index (χ2n) is 6.39. The molecule has 1 aromatic rings. The topological polar surface area (TPSA) is 21.3 Å². The average Bonchev–Trinajstić information content (AvgIpc) is 2.75. The molecule has 2 unspecified atom stereocenters. The highest BCUT2D eigenvalue weighted by atomic mass is 32.2. The SMILES string of the molecule is CC1OCCC1Sc1ccc(CNC(C)(C)C)cc1F. The predicted molar refractivity (Wildman–Crippen MR) is 82.7 cm³/mol. The molecule has 0 amide bonds. The molecular formula is C16H24FNOS. The molecule has 0 bridgehead atoms. The lowest BCUT2D eigenvalue weighted by molar-refractivity contribution is 0.127. The van der Waals surface area contributed by atoms with Crippen molar-refractivity contribution in [3.8, 4) is 0 Å². The van der Waals surface area contributed by atoms with E-state index in [0.29, 0.717) is 11.8 Å². The van der Waals surface area contributed by atoms with Gasteiger partial charge in [-0.2, -0.15) is 0 Å². The fourth-order valence-corrected chi connectivity index (χ4v) is 3.28. The van der Waals surface area contributed by atoms with Crippen LogP contribution in [0.4, 0.5) is 4.39 Å². The minimum absolute atomic E-state index is 0.0422. The number of nitrogens with one attached hydrogen (secondary N) is 1. The summed E-state index contributed by atoms with van der Waals surface area (Å²) < 4.78 is 19.7. The van der Waals surface area contributed by atoms with Crippen molar-refractivity contribution in [3.05, 3.63) is 29.6 Å². The Morgan fingerprint density at radius 2 is 2.15 bits per heavy atom. The largest absolute Gasteiger partial charge is 0.377 e. The molecule has 0 aliphatic carbocycles. The summed E-state index contributed by atoms with van der Waals surface area (Å²) in [6.07, 6.45) is 1.21. The van der Waals surface area contributed by atoms with Crippen LogP contribution in [0.3, 0.4) is 0 Å². The molecule has 2 nitrogen and oxygen atoms in total. The molecule has 0 saturated carbocycles. The Balaban J connectivity index is 1.98. The van der Waals surface area contributed by atoms with E-state index in [0.717, 1.165) is 23.5 Å². The van der Waals surface area contributed by atoms with Gasteiger partial charge in [-0.1, -0.05) is 6.07 Å². The van der Waals surface area contributed by atoms with E-state index in [9.17, 15) is 4.39 Å². The minimum Gasteiger partial charge on any atom is -0.377 e. The van der Waals surface area contributed by atoms with E-state index in [4.69, 9.17) is 4.74 Å². The van der Waals surface area contributed by atoms with E-state index < -0.39 is 0 Å². The first kappa shape index (κ1) is 15.8. The third kappa shape index (κ3) is 4.47. The van der Waals surface area contributed by atoms with Crippen LogP contribution in [-0.2, 0) is 11.3 Å². The van der Waals surface area contributed by atoms with Gasteiger partial charge in [0.25, 0.3) is 0 Å². The summed E-state index contributed by atoms with van der Waals surface area (Å²) in [6, 6.07) is 5.54. The van der Waals surface area contributed by atoms with Gasteiger partial charge in [0.1, 0.15) is 5.82 Å². The molecule has 1 N–H and O–H groups in total. The van der Waals surface area contributed by atoms with Crippen molar-refractivity contribution in [2.24, 2.45) is 0 Å². The molecule has 4 heteroatoms. The van der Waals surface area contributed by atoms with E-state index in [1.54, 1.807) is 17.8 Å². The molecule has 1 saturated heterocycles. The van der Waals surface area contributed by atoms with Crippen molar-refractivity contribution in [2.45, 2.75) is 62.4 Å². The van der Waals surface area contributed by atoms with Gasteiger partial charge in [0, 0.05) is 28.8 Å². The van der Waals surface area contributed by atoms with Gasteiger partial charge in [0.2, 0.25) is 0 Å². The maximum Gasteiger partial charge on any atom is 0.137 e. The second-order valence-corrected chi connectivity index (χ2v) is 7.67. The van der Waals surface area contributed by atoms with Crippen LogP contribution in [0.2, 0.25) is 0 Å². The standard InChI is InChI=1S/C16H24FNOS/c1-11-14(7-8-19-11)20-15-6-5-12(9-13(15)17)10-18-16(2,3)4/h5-6,9,11,14,18H,7-8,10H2,1-4H3. The predicted octanol–water partition coefficient (Wildman–Crippen LogP) is 3.98. The lowest BCUT2D eigenvalue weighted by atomic mass is 10.1. The van der Waals surface area contributed by atoms with E-state index >= 15 is 0 Å². The Morgan fingerprint density at radius 1 is 1.40 bits per heavy atom. The highest BCUT2D eigenvalue weighted by Crippen LogP contribution is 2.34. The summed E-state index contributed by atoms with van der Waals surface area (Å²) >= 11 is 1.60. The molecule has 20 heavy (non-hydrogen) atoms. The molecule has 1 aromatic carbocycles. The third-order valence-corrected chi connectivity index (χ3v) is 4.91. The minimum atomic E-state index is -0.123. The van der Waals surface area contributed by atoms with Gasteiger partial charge in [-0.05, 0) is 51.8 Å². The van der Waals surface area contributed by atoms with Gasteiger partial charge in [-0.15, -0.1) is 11.8 Å². The highest BCUT2D eigenvalue weighted by Gasteiger charge is 2.26. The van der Waals surface area contributed by atoms with Crippen molar-refractivity contribution in [2.75, 3.05) is 6.61 Å². The van der Waals surface area contributed by atoms with Crippen LogP contribution in [0.25, 0.3) is 0 Å². The van der Waals surface area contributed by atoms with E-state index in [1.165, 1.54) is 0 Å². The molecular weight excluding hydrogens is 273 g/mol. The third-order valence-electron chi connectivity index (χ3n) is 3.40. The van der Waals surface area contributed by atoms with E-state index in [2.05, 4.69) is 33.0 Å². The normalized spacial score (nSPS) is 23.2. The van der Waals surface area contributed by atoms with Crippen LogP contribution < -0.4 is 5.32 Å². The number of hydrogen-bond acceptors (Lipinski definition) is 3. The fourth-order valence-electron chi connectivity index (χ4n) is 2.15. The number of thioether (sulfide) groups is 1. The van der Waals surface area contributed by atoms with Crippen molar-refractivity contribution >= 4 is 11.8 Å². The molecule has 1 fully saturated rings. The Hall–Kier alpha value is -0.580. The van der Waals surface area contributed by atoms with Crippen LogP contribution in [0.15, 0.2) is 23.1 Å². The number of benzene rings is 1. The lowest BCUT2D eigenvalue weighted by Crippen LogP contribution is -2.35. The van der Waals surface area contributed by atoms with Crippen LogP contribution in [0.5, 0.6) is 0 Å². The highest BCUT2D eigenvalue weighted by molar-refractivity contribution is 8.00. The van der Waals surface area contributed by atoms with Crippen molar-refractivity contribution in [3.63, 3.8) is 0 Å². The monoisotopic (exact) mass is 297 g/mol. The molecule has 1 heterocycles. The first-order valence-corrected chi connectivity index (χ1v) is 8.05. The summed E-state index contributed by atoms with van der Waals surface area (Å²) in [4.78, 5) is 0.729. The quantitative estimate of drug-likeness (QED) is 0.908. The Kier molecular flexibility index (Phi) is 5.10. The van der Waals surface area contributed by atoms with Crippen molar-refractivity contribution < 1.29 is 9.13 Å².